The molecule has 0 saturated carbocycles. The summed E-state index contributed by atoms with van der Waals surface area (Å²) in [4.78, 5) is 25.2. The summed E-state index contributed by atoms with van der Waals surface area (Å²) in [6.07, 6.45) is 0. The van der Waals surface area contributed by atoms with Crippen LogP contribution >= 0.6 is 11.8 Å². The Kier molecular flexibility index (Phi) is 6.66. The van der Waals surface area contributed by atoms with E-state index in [1.54, 1.807) is 0 Å². The van der Waals surface area contributed by atoms with Gasteiger partial charge in [-0.1, -0.05) is 30.3 Å². The third kappa shape index (κ3) is 5.92. The van der Waals surface area contributed by atoms with Crippen LogP contribution < -0.4 is 16.4 Å². The van der Waals surface area contributed by atoms with Gasteiger partial charge in [-0.3, -0.25) is 4.79 Å². The minimum atomic E-state index is -0.277. The van der Waals surface area contributed by atoms with Gasteiger partial charge >= 0.3 is 0 Å². The number of carbonyl (C=O) groups excluding carboxylic acids is 1. The lowest BCUT2D eigenvalue weighted by atomic mass is 10.2. The number of nitrogens with one attached hydrogen (secondary N) is 2. The fourth-order valence-electron chi connectivity index (χ4n) is 2.63. The Morgan fingerprint density at radius 3 is 2.66 bits per heavy atom. The number of nitrogen functional groups attached to an aromatic ring is 1. The zero-order valence-electron chi connectivity index (χ0n) is 16.6. The van der Waals surface area contributed by atoms with Gasteiger partial charge in [-0.2, -0.15) is 15.0 Å². The molecule has 0 saturated heterocycles. The Morgan fingerprint density at radius 2 is 1.90 bits per heavy atom. The van der Waals surface area contributed by atoms with Crippen molar-refractivity contribution in [1.82, 2.24) is 15.0 Å². The van der Waals surface area contributed by atoms with E-state index in [1.165, 1.54) is 11.8 Å². The number of thioether (sulfide) groups is 1. The molecule has 4 N–H and O–H groups in total. The van der Waals surface area contributed by atoms with Gasteiger partial charge in [0.05, 0.1) is 11.0 Å². The first-order valence-corrected chi connectivity index (χ1v) is 10.3. The Balaban J connectivity index is 1.62. The smallest absolute Gasteiger partial charge is 0.237 e. The third-order valence-corrected chi connectivity index (χ3v) is 5.35. The van der Waals surface area contributed by atoms with Gasteiger partial charge in [0.2, 0.25) is 17.8 Å². The second-order valence-corrected chi connectivity index (χ2v) is 8.01. The van der Waals surface area contributed by atoms with Gasteiger partial charge in [-0.15, -0.1) is 11.8 Å². The summed E-state index contributed by atoms with van der Waals surface area (Å²) in [5.41, 5.74) is 9.70. The number of carbonyl (C=O) groups is 1. The Labute approximate surface area is 174 Å². The molecule has 2 aromatic carbocycles. The van der Waals surface area contributed by atoms with Crippen molar-refractivity contribution >= 4 is 40.9 Å². The van der Waals surface area contributed by atoms with Crippen molar-refractivity contribution in [3.05, 3.63) is 65.5 Å². The number of anilines is 4. The first-order chi connectivity index (χ1) is 13.9. The number of aromatic nitrogens is 3. The highest BCUT2D eigenvalue weighted by Crippen LogP contribution is 2.21. The lowest BCUT2D eigenvalue weighted by molar-refractivity contribution is -0.115. The summed E-state index contributed by atoms with van der Waals surface area (Å²) >= 11 is 1.44. The number of aryl methyl sites for hydroxylation is 2. The molecular weight excluding hydrogens is 384 g/mol. The van der Waals surface area contributed by atoms with E-state index in [0.717, 1.165) is 22.5 Å². The molecule has 0 radical (unpaired) electrons. The van der Waals surface area contributed by atoms with Gasteiger partial charge in [0.15, 0.2) is 0 Å². The lowest BCUT2D eigenvalue weighted by Gasteiger charge is -2.13. The van der Waals surface area contributed by atoms with E-state index >= 15 is 0 Å². The zero-order valence-corrected chi connectivity index (χ0v) is 17.5. The summed E-state index contributed by atoms with van der Waals surface area (Å²) in [5.74, 6) is 1.43. The van der Waals surface area contributed by atoms with Crippen molar-refractivity contribution < 1.29 is 4.79 Å². The van der Waals surface area contributed by atoms with E-state index in [9.17, 15) is 4.79 Å². The summed E-state index contributed by atoms with van der Waals surface area (Å²) in [7, 11) is 0. The number of hydrogen-bond donors (Lipinski definition) is 3. The number of rotatable bonds is 7. The van der Waals surface area contributed by atoms with Crippen LogP contribution in [-0.2, 0) is 10.5 Å². The van der Waals surface area contributed by atoms with Crippen molar-refractivity contribution in [3.8, 4) is 0 Å². The van der Waals surface area contributed by atoms with E-state index in [2.05, 4.69) is 25.6 Å². The average Bonchev–Trinajstić information content (AvgIpc) is 2.67. The van der Waals surface area contributed by atoms with Crippen LogP contribution in [0, 0.1) is 13.8 Å². The van der Waals surface area contributed by atoms with E-state index < -0.39 is 0 Å². The zero-order chi connectivity index (χ0) is 20.8. The van der Waals surface area contributed by atoms with Gasteiger partial charge in [0, 0.05) is 11.4 Å². The normalized spacial score (nSPS) is 11.7. The summed E-state index contributed by atoms with van der Waals surface area (Å²) in [6.45, 7) is 5.84. The van der Waals surface area contributed by atoms with E-state index in [0.29, 0.717) is 17.5 Å². The van der Waals surface area contributed by atoms with Crippen LogP contribution in [0.2, 0.25) is 0 Å². The molecule has 1 unspecified atom stereocenters. The molecule has 7 nitrogen and oxygen atoms in total. The molecule has 8 heteroatoms. The molecule has 1 aromatic heterocycles. The highest BCUT2D eigenvalue weighted by molar-refractivity contribution is 7.99. The molecule has 1 atom stereocenters. The maximum Gasteiger partial charge on any atom is 0.237 e. The van der Waals surface area contributed by atoms with Crippen molar-refractivity contribution in [2.24, 2.45) is 0 Å². The SMILES string of the molecule is Cc1cccc(NC(=O)C(C)SCc2nc(N)nc(Nc3ccccc3C)n2)c1. The molecule has 150 valence electrons. The quantitative estimate of drug-likeness (QED) is 0.541. The minimum Gasteiger partial charge on any atom is -0.368 e. The van der Waals surface area contributed by atoms with Crippen LogP contribution in [0.5, 0.6) is 0 Å². The molecule has 29 heavy (non-hydrogen) atoms. The number of nitrogens with two attached hydrogens (primary N) is 1. The molecule has 0 aliphatic rings. The number of nitrogens with zero attached hydrogens (tertiary/aromatic N) is 3. The van der Waals surface area contributed by atoms with Crippen LogP contribution in [0.15, 0.2) is 48.5 Å². The molecule has 1 heterocycles. The Morgan fingerprint density at radius 1 is 1.10 bits per heavy atom. The van der Waals surface area contributed by atoms with E-state index in [1.807, 2.05) is 69.3 Å². The molecule has 0 spiro atoms. The van der Waals surface area contributed by atoms with Crippen LogP contribution in [0.25, 0.3) is 0 Å². The first kappa shape index (κ1) is 20.6. The summed E-state index contributed by atoms with van der Waals surface area (Å²) < 4.78 is 0. The molecule has 0 bridgehead atoms. The fraction of sp³-hybridized carbons (Fsp3) is 0.238. The fourth-order valence-corrected chi connectivity index (χ4v) is 3.37. The molecule has 0 fully saturated rings. The van der Waals surface area contributed by atoms with Gasteiger partial charge in [-0.05, 0) is 50.1 Å². The van der Waals surface area contributed by atoms with Crippen molar-refractivity contribution in [1.29, 1.82) is 0 Å². The molecule has 0 aliphatic heterocycles. The number of hydrogen-bond acceptors (Lipinski definition) is 7. The number of amides is 1. The maximum absolute atomic E-state index is 12.4. The topological polar surface area (TPSA) is 106 Å². The highest BCUT2D eigenvalue weighted by Gasteiger charge is 2.15. The first-order valence-electron chi connectivity index (χ1n) is 9.23. The minimum absolute atomic E-state index is 0.0686. The number of benzene rings is 2. The summed E-state index contributed by atoms with van der Waals surface area (Å²) in [5, 5.41) is 5.82. The Bertz CT molecular complexity index is 1010. The average molecular weight is 409 g/mol. The second-order valence-electron chi connectivity index (χ2n) is 6.69. The molecule has 0 aliphatic carbocycles. The second kappa shape index (κ2) is 9.38. The van der Waals surface area contributed by atoms with E-state index in [4.69, 9.17) is 5.73 Å². The Hall–Kier alpha value is -3.13. The van der Waals surface area contributed by atoms with Crippen molar-refractivity contribution in [3.63, 3.8) is 0 Å². The standard InChI is InChI=1S/C21H24N6OS/c1-13-7-6-9-16(11-13)23-19(28)15(3)29-12-18-25-20(22)27-21(26-18)24-17-10-5-4-8-14(17)2/h4-11,15H,12H2,1-3H3,(H,23,28)(H3,22,24,25,26,27). The predicted molar refractivity (Wildman–Crippen MR) is 119 cm³/mol. The van der Waals surface area contributed by atoms with Crippen LogP contribution in [0.4, 0.5) is 23.3 Å². The molecule has 3 rings (SSSR count). The highest BCUT2D eigenvalue weighted by atomic mass is 32.2. The van der Waals surface area contributed by atoms with Crippen LogP contribution in [-0.4, -0.2) is 26.1 Å². The summed E-state index contributed by atoms with van der Waals surface area (Å²) in [6, 6.07) is 15.6. The number of para-hydroxylation sites is 1. The third-order valence-electron chi connectivity index (χ3n) is 4.21. The monoisotopic (exact) mass is 408 g/mol. The molecular formula is C21H24N6OS. The van der Waals surface area contributed by atoms with Crippen LogP contribution in [0.3, 0.4) is 0 Å². The predicted octanol–water partition coefficient (Wildman–Crippen LogP) is 4.07. The van der Waals surface area contributed by atoms with Gasteiger partial charge < -0.3 is 16.4 Å². The van der Waals surface area contributed by atoms with Gasteiger partial charge in [0.1, 0.15) is 5.82 Å². The van der Waals surface area contributed by atoms with E-state index in [-0.39, 0.29) is 17.1 Å². The maximum atomic E-state index is 12.4. The van der Waals surface area contributed by atoms with Gasteiger partial charge in [-0.25, -0.2) is 0 Å². The van der Waals surface area contributed by atoms with Crippen LogP contribution in [0.1, 0.15) is 23.9 Å². The molecule has 1 amide bonds. The largest absolute Gasteiger partial charge is 0.368 e. The van der Waals surface area contributed by atoms with Gasteiger partial charge in [0.25, 0.3) is 0 Å². The molecule has 3 aromatic rings. The van der Waals surface area contributed by atoms with Crippen molar-refractivity contribution in [2.75, 3.05) is 16.4 Å². The van der Waals surface area contributed by atoms with Crippen molar-refractivity contribution in [2.45, 2.75) is 31.8 Å². The lowest BCUT2D eigenvalue weighted by Crippen LogP contribution is -2.22.